The minimum Gasteiger partial charge on any atom is -0.349 e. The minimum atomic E-state index is -0.417. The molecule has 6 heteroatoms. The van der Waals surface area contributed by atoms with Gasteiger partial charge in [0.1, 0.15) is 5.82 Å². The van der Waals surface area contributed by atoms with Crippen LogP contribution in [0.2, 0.25) is 0 Å². The van der Waals surface area contributed by atoms with Crippen molar-refractivity contribution in [3.63, 3.8) is 0 Å². The van der Waals surface area contributed by atoms with Gasteiger partial charge in [-0.1, -0.05) is 6.07 Å². The fraction of sp³-hybridized carbons (Fsp3) is 0.278. The van der Waals surface area contributed by atoms with Crippen LogP contribution in [-0.2, 0) is 0 Å². The monoisotopic (exact) mass is 327 g/mol. The number of halogens is 1. The lowest BCUT2D eigenvalue weighted by atomic mass is 10.0. The van der Waals surface area contributed by atoms with Gasteiger partial charge in [0.05, 0.1) is 5.56 Å². The fourth-order valence-electron chi connectivity index (χ4n) is 2.80. The lowest BCUT2D eigenvalue weighted by Gasteiger charge is -2.32. The Kier molecular flexibility index (Phi) is 4.84. The van der Waals surface area contributed by atoms with Gasteiger partial charge in [-0.3, -0.25) is 14.6 Å². The van der Waals surface area contributed by atoms with Crippen LogP contribution in [-0.4, -0.2) is 40.8 Å². The molecule has 0 spiro atoms. The van der Waals surface area contributed by atoms with Crippen LogP contribution in [0, 0.1) is 5.82 Å². The number of hydrogen-bond acceptors (Lipinski definition) is 3. The standard InChI is InChI=1S/C18H18FN3O2/c19-15-5-1-3-13(11-15)18(24)22-9-6-16(7-10-22)21-17(23)14-4-2-8-20-12-14/h1-5,8,11-12,16H,6-7,9-10H2,(H,21,23). The third-order valence-electron chi connectivity index (χ3n) is 4.11. The van der Waals surface area contributed by atoms with E-state index in [1.807, 2.05) is 0 Å². The maximum absolute atomic E-state index is 13.2. The summed E-state index contributed by atoms with van der Waals surface area (Å²) in [6.45, 7) is 1.07. The van der Waals surface area contributed by atoms with Gasteiger partial charge in [-0.25, -0.2) is 4.39 Å². The van der Waals surface area contributed by atoms with Gasteiger partial charge in [-0.15, -0.1) is 0 Å². The first-order valence-corrected chi connectivity index (χ1v) is 7.89. The molecule has 1 aromatic carbocycles. The Labute approximate surface area is 139 Å². The molecule has 1 N–H and O–H groups in total. The van der Waals surface area contributed by atoms with Gasteiger partial charge < -0.3 is 10.2 Å². The Hall–Kier alpha value is -2.76. The molecule has 0 bridgehead atoms. The molecule has 2 aromatic rings. The Morgan fingerprint density at radius 3 is 2.54 bits per heavy atom. The molecule has 124 valence electrons. The number of benzene rings is 1. The summed E-state index contributed by atoms with van der Waals surface area (Å²) >= 11 is 0. The first-order chi connectivity index (χ1) is 11.6. The Morgan fingerprint density at radius 1 is 1.12 bits per heavy atom. The van der Waals surface area contributed by atoms with Crippen LogP contribution in [0.1, 0.15) is 33.6 Å². The second kappa shape index (κ2) is 7.21. The van der Waals surface area contributed by atoms with E-state index in [2.05, 4.69) is 10.3 Å². The molecule has 1 fully saturated rings. The highest BCUT2D eigenvalue weighted by Crippen LogP contribution is 2.15. The lowest BCUT2D eigenvalue weighted by molar-refractivity contribution is 0.0697. The average molecular weight is 327 g/mol. The van der Waals surface area contributed by atoms with E-state index >= 15 is 0 Å². The van der Waals surface area contributed by atoms with Gasteiger partial charge in [-0.05, 0) is 43.2 Å². The molecule has 1 aliphatic heterocycles. The zero-order valence-corrected chi connectivity index (χ0v) is 13.1. The molecule has 0 atom stereocenters. The highest BCUT2D eigenvalue weighted by atomic mass is 19.1. The van der Waals surface area contributed by atoms with Gasteiger partial charge in [0.25, 0.3) is 11.8 Å². The number of amides is 2. The van der Waals surface area contributed by atoms with Gasteiger partial charge in [-0.2, -0.15) is 0 Å². The van der Waals surface area contributed by atoms with E-state index in [4.69, 9.17) is 0 Å². The number of carbonyl (C=O) groups excluding carboxylic acids is 2. The summed E-state index contributed by atoms with van der Waals surface area (Å²) in [5.41, 5.74) is 0.878. The molecule has 3 rings (SSSR count). The third kappa shape index (κ3) is 3.76. The second-order valence-corrected chi connectivity index (χ2v) is 5.79. The van der Waals surface area contributed by atoms with Crippen molar-refractivity contribution in [3.05, 3.63) is 65.7 Å². The zero-order chi connectivity index (χ0) is 16.9. The van der Waals surface area contributed by atoms with Crippen molar-refractivity contribution >= 4 is 11.8 Å². The van der Waals surface area contributed by atoms with Crippen LogP contribution in [0.4, 0.5) is 4.39 Å². The van der Waals surface area contributed by atoms with Gasteiger partial charge in [0, 0.05) is 37.1 Å². The lowest BCUT2D eigenvalue weighted by Crippen LogP contribution is -2.46. The Bertz CT molecular complexity index is 728. The Morgan fingerprint density at radius 2 is 1.88 bits per heavy atom. The van der Waals surface area contributed by atoms with E-state index < -0.39 is 5.82 Å². The van der Waals surface area contributed by atoms with E-state index in [0.29, 0.717) is 37.1 Å². The largest absolute Gasteiger partial charge is 0.349 e. The number of nitrogens with zero attached hydrogens (tertiary/aromatic N) is 2. The first-order valence-electron chi connectivity index (χ1n) is 7.89. The molecule has 0 unspecified atom stereocenters. The molecule has 1 saturated heterocycles. The summed E-state index contributed by atoms with van der Waals surface area (Å²) in [5, 5.41) is 2.97. The van der Waals surface area contributed by atoms with Gasteiger partial charge >= 0.3 is 0 Å². The van der Waals surface area contributed by atoms with Crippen molar-refractivity contribution < 1.29 is 14.0 Å². The topological polar surface area (TPSA) is 62.3 Å². The molecule has 1 aliphatic rings. The quantitative estimate of drug-likeness (QED) is 0.940. The highest BCUT2D eigenvalue weighted by molar-refractivity contribution is 5.95. The molecule has 2 amide bonds. The van der Waals surface area contributed by atoms with Gasteiger partial charge in [0.15, 0.2) is 0 Å². The summed E-state index contributed by atoms with van der Waals surface area (Å²) < 4.78 is 13.2. The van der Waals surface area contributed by atoms with Crippen LogP contribution in [0.25, 0.3) is 0 Å². The summed E-state index contributed by atoms with van der Waals surface area (Å²) in [5.74, 6) is -0.746. The zero-order valence-electron chi connectivity index (χ0n) is 13.1. The predicted octanol–water partition coefficient (Wildman–Crippen LogP) is 2.26. The number of aromatic nitrogens is 1. The number of piperidine rings is 1. The van der Waals surface area contributed by atoms with Crippen LogP contribution in [0.3, 0.4) is 0 Å². The van der Waals surface area contributed by atoms with Crippen LogP contribution in [0.5, 0.6) is 0 Å². The van der Waals surface area contributed by atoms with E-state index in [9.17, 15) is 14.0 Å². The summed E-state index contributed by atoms with van der Waals surface area (Å²) in [7, 11) is 0. The van der Waals surface area contributed by atoms with Crippen LogP contribution >= 0.6 is 0 Å². The van der Waals surface area contributed by atoms with Crippen molar-refractivity contribution in [2.45, 2.75) is 18.9 Å². The van der Waals surface area contributed by atoms with E-state index in [-0.39, 0.29) is 17.9 Å². The molecule has 2 heterocycles. The number of nitrogens with one attached hydrogen (secondary N) is 1. The number of rotatable bonds is 3. The molecule has 0 aliphatic carbocycles. The normalized spacial score (nSPS) is 15.1. The van der Waals surface area contributed by atoms with E-state index in [1.54, 1.807) is 29.3 Å². The van der Waals surface area contributed by atoms with Crippen molar-refractivity contribution in [2.75, 3.05) is 13.1 Å². The molecule has 24 heavy (non-hydrogen) atoms. The third-order valence-corrected chi connectivity index (χ3v) is 4.11. The smallest absolute Gasteiger partial charge is 0.253 e. The van der Waals surface area contributed by atoms with Gasteiger partial charge in [0.2, 0.25) is 0 Å². The molecule has 0 radical (unpaired) electrons. The van der Waals surface area contributed by atoms with E-state index in [1.165, 1.54) is 24.4 Å². The fourth-order valence-corrected chi connectivity index (χ4v) is 2.80. The molecular weight excluding hydrogens is 309 g/mol. The molecular formula is C18H18FN3O2. The maximum Gasteiger partial charge on any atom is 0.253 e. The van der Waals surface area contributed by atoms with E-state index in [0.717, 1.165) is 0 Å². The minimum absolute atomic E-state index is 0.0225. The number of hydrogen-bond donors (Lipinski definition) is 1. The maximum atomic E-state index is 13.2. The van der Waals surface area contributed by atoms with Crippen molar-refractivity contribution in [1.29, 1.82) is 0 Å². The summed E-state index contributed by atoms with van der Waals surface area (Å²) in [4.78, 5) is 30.1. The number of carbonyl (C=O) groups is 2. The summed E-state index contributed by atoms with van der Waals surface area (Å²) in [6, 6.07) is 9.16. The first kappa shape index (κ1) is 16.1. The molecule has 5 nitrogen and oxygen atoms in total. The number of pyridine rings is 1. The van der Waals surface area contributed by atoms with Crippen LogP contribution < -0.4 is 5.32 Å². The highest BCUT2D eigenvalue weighted by Gasteiger charge is 2.25. The van der Waals surface area contributed by atoms with Crippen molar-refractivity contribution in [2.24, 2.45) is 0 Å². The number of likely N-dealkylation sites (tertiary alicyclic amines) is 1. The van der Waals surface area contributed by atoms with Crippen molar-refractivity contribution in [1.82, 2.24) is 15.2 Å². The summed E-state index contributed by atoms with van der Waals surface area (Å²) in [6.07, 6.45) is 4.49. The van der Waals surface area contributed by atoms with Crippen molar-refractivity contribution in [3.8, 4) is 0 Å². The molecule has 1 aromatic heterocycles. The molecule has 0 saturated carbocycles. The Balaban J connectivity index is 1.54. The SMILES string of the molecule is O=C(NC1CCN(C(=O)c2cccc(F)c2)CC1)c1cccnc1. The van der Waals surface area contributed by atoms with Crippen LogP contribution in [0.15, 0.2) is 48.8 Å². The second-order valence-electron chi connectivity index (χ2n) is 5.79. The predicted molar refractivity (Wildman–Crippen MR) is 87.0 cm³/mol. The average Bonchev–Trinajstić information content (AvgIpc) is 2.62.